The van der Waals surface area contributed by atoms with Gasteiger partial charge in [-0.15, -0.1) is 0 Å². The Labute approximate surface area is 170 Å². The zero-order valence-electron chi connectivity index (χ0n) is 17.3. The molecule has 2 N–H and O–H groups in total. The second-order valence-electron chi connectivity index (χ2n) is 7.30. The van der Waals surface area contributed by atoms with Gasteiger partial charge in [0, 0.05) is 23.0 Å². The molecule has 8 heteroatoms. The molecule has 0 saturated carbocycles. The maximum atomic E-state index is 12.3. The molecule has 0 heterocycles. The number of nitro groups is 1. The topological polar surface area (TPSA) is 105 Å². The number of likely N-dealkylation sites (N-methyl/N-ethyl adjacent to an activating group) is 1. The maximum absolute atomic E-state index is 12.3. The Balaban J connectivity index is 1.93. The number of carbonyl (C=O) groups excluding carboxylic acids is 2. The van der Waals surface area contributed by atoms with Crippen molar-refractivity contribution in [1.29, 1.82) is 0 Å². The zero-order chi connectivity index (χ0) is 21.7. The van der Waals surface area contributed by atoms with E-state index in [0.29, 0.717) is 11.3 Å². The highest BCUT2D eigenvalue weighted by Crippen LogP contribution is 2.23. The van der Waals surface area contributed by atoms with E-state index in [9.17, 15) is 19.7 Å². The van der Waals surface area contributed by atoms with Crippen LogP contribution >= 0.6 is 0 Å². The molecular weight excluding hydrogens is 372 g/mol. The van der Waals surface area contributed by atoms with Crippen LogP contribution in [0.25, 0.3) is 0 Å². The molecular formula is C21H26N4O4. The van der Waals surface area contributed by atoms with E-state index in [-0.39, 0.29) is 30.6 Å². The number of amides is 2. The van der Waals surface area contributed by atoms with Crippen LogP contribution in [0.4, 0.5) is 17.1 Å². The van der Waals surface area contributed by atoms with Gasteiger partial charge in [-0.1, -0.05) is 23.8 Å². The Morgan fingerprint density at radius 2 is 1.48 bits per heavy atom. The van der Waals surface area contributed by atoms with E-state index in [1.165, 1.54) is 6.07 Å². The predicted octanol–water partition coefficient (Wildman–Crippen LogP) is 3.34. The summed E-state index contributed by atoms with van der Waals surface area (Å²) >= 11 is 0. The van der Waals surface area contributed by atoms with Gasteiger partial charge in [0.25, 0.3) is 5.69 Å². The number of benzene rings is 2. The summed E-state index contributed by atoms with van der Waals surface area (Å²) in [6, 6.07) is 8.51. The summed E-state index contributed by atoms with van der Waals surface area (Å²) in [6.07, 6.45) is 0. The molecule has 8 nitrogen and oxygen atoms in total. The molecule has 0 aliphatic rings. The van der Waals surface area contributed by atoms with Crippen LogP contribution in [0.2, 0.25) is 0 Å². The van der Waals surface area contributed by atoms with Crippen molar-refractivity contribution in [2.24, 2.45) is 0 Å². The molecule has 0 unspecified atom stereocenters. The van der Waals surface area contributed by atoms with E-state index in [2.05, 4.69) is 10.6 Å². The van der Waals surface area contributed by atoms with Crippen LogP contribution in [-0.4, -0.2) is 41.8 Å². The Morgan fingerprint density at radius 3 is 2.03 bits per heavy atom. The minimum absolute atomic E-state index is 0.0268. The number of rotatable bonds is 7. The molecule has 29 heavy (non-hydrogen) atoms. The average molecular weight is 398 g/mol. The van der Waals surface area contributed by atoms with Crippen molar-refractivity contribution in [2.45, 2.75) is 27.7 Å². The lowest BCUT2D eigenvalue weighted by atomic mass is 10.1. The number of anilines is 2. The van der Waals surface area contributed by atoms with Gasteiger partial charge < -0.3 is 10.6 Å². The highest BCUT2D eigenvalue weighted by atomic mass is 16.6. The van der Waals surface area contributed by atoms with Gasteiger partial charge in [-0.2, -0.15) is 0 Å². The lowest BCUT2D eigenvalue weighted by Crippen LogP contribution is -2.36. The molecule has 0 aliphatic carbocycles. The molecule has 0 saturated heterocycles. The van der Waals surface area contributed by atoms with Gasteiger partial charge in [0.2, 0.25) is 11.8 Å². The van der Waals surface area contributed by atoms with Gasteiger partial charge >= 0.3 is 0 Å². The molecule has 0 aromatic heterocycles. The highest BCUT2D eigenvalue weighted by Gasteiger charge is 2.15. The minimum Gasteiger partial charge on any atom is -0.325 e. The fourth-order valence-corrected chi connectivity index (χ4v) is 3.19. The lowest BCUT2D eigenvalue weighted by molar-refractivity contribution is -0.385. The fraction of sp³-hybridized carbons (Fsp3) is 0.333. The van der Waals surface area contributed by atoms with Crippen LogP contribution in [0.1, 0.15) is 22.3 Å². The van der Waals surface area contributed by atoms with Crippen molar-refractivity contribution in [3.8, 4) is 0 Å². The van der Waals surface area contributed by atoms with E-state index in [1.807, 2.05) is 32.9 Å². The summed E-state index contributed by atoms with van der Waals surface area (Å²) in [4.78, 5) is 36.7. The molecule has 2 rings (SSSR count). The standard InChI is InChI=1S/C21H26N4O4/c1-13-8-15(3)21(16(4)9-13)23-20(27)12-24(5)11-19(26)22-17-7-6-14(2)18(10-17)25(28)29/h6-10H,11-12H2,1-5H3,(H,22,26)(H,23,27). The first-order chi connectivity index (χ1) is 13.6. The number of carbonyl (C=O) groups is 2. The first kappa shape index (κ1) is 22.0. The summed E-state index contributed by atoms with van der Waals surface area (Å²) in [7, 11) is 1.66. The van der Waals surface area contributed by atoms with Gasteiger partial charge in [0.1, 0.15) is 0 Å². The summed E-state index contributed by atoms with van der Waals surface area (Å²) in [5, 5.41) is 16.5. The van der Waals surface area contributed by atoms with Crippen LogP contribution in [0.3, 0.4) is 0 Å². The van der Waals surface area contributed by atoms with E-state index in [0.717, 1.165) is 22.4 Å². The van der Waals surface area contributed by atoms with E-state index in [1.54, 1.807) is 31.0 Å². The van der Waals surface area contributed by atoms with Crippen molar-refractivity contribution in [3.05, 3.63) is 62.7 Å². The van der Waals surface area contributed by atoms with Crippen LogP contribution in [-0.2, 0) is 9.59 Å². The quantitative estimate of drug-likeness (QED) is 0.550. The maximum Gasteiger partial charge on any atom is 0.274 e. The fourth-order valence-electron chi connectivity index (χ4n) is 3.19. The third-order valence-corrected chi connectivity index (χ3v) is 4.46. The number of hydrogen-bond acceptors (Lipinski definition) is 5. The zero-order valence-corrected chi connectivity index (χ0v) is 17.3. The average Bonchev–Trinajstić information content (AvgIpc) is 2.59. The van der Waals surface area contributed by atoms with Gasteiger partial charge in [-0.3, -0.25) is 24.6 Å². The second-order valence-corrected chi connectivity index (χ2v) is 7.30. The molecule has 154 valence electrons. The van der Waals surface area contributed by atoms with Gasteiger partial charge in [0.15, 0.2) is 0 Å². The SMILES string of the molecule is Cc1cc(C)c(NC(=O)CN(C)CC(=O)Nc2ccc(C)c([N+](=O)[O-])c2)c(C)c1. The van der Waals surface area contributed by atoms with Gasteiger partial charge in [0.05, 0.1) is 18.0 Å². The smallest absolute Gasteiger partial charge is 0.274 e. The number of nitro benzene ring substituents is 1. The van der Waals surface area contributed by atoms with Crippen LogP contribution in [0.5, 0.6) is 0 Å². The summed E-state index contributed by atoms with van der Waals surface area (Å²) < 4.78 is 0. The third-order valence-electron chi connectivity index (χ3n) is 4.46. The molecule has 2 aromatic rings. The number of nitrogens with one attached hydrogen (secondary N) is 2. The Kier molecular flexibility index (Phi) is 7.06. The minimum atomic E-state index is -0.490. The highest BCUT2D eigenvalue weighted by molar-refractivity contribution is 5.95. The predicted molar refractivity (Wildman–Crippen MR) is 113 cm³/mol. The number of nitrogens with zero attached hydrogens (tertiary/aromatic N) is 2. The van der Waals surface area contributed by atoms with Crippen molar-refractivity contribution in [1.82, 2.24) is 4.90 Å². The second kappa shape index (κ2) is 9.29. The molecule has 2 amide bonds. The van der Waals surface area contributed by atoms with Gasteiger partial charge in [-0.25, -0.2) is 0 Å². The number of aryl methyl sites for hydroxylation is 4. The van der Waals surface area contributed by atoms with Crippen molar-refractivity contribution >= 4 is 28.9 Å². The molecule has 0 atom stereocenters. The van der Waals surface area contributed by atoms with Crippen molar-refractivity contribution < 1.29 is 14.5 Å². The Hall–Kier alpha value is -3.26. The molecule has 0 radical (unpaired) electrons. The van der Waals surface area contributed by atoms with E-state index < -0.39 is 4.92 Å². The summed E-state index contributed by atoms with van der Waals surface area (Å²) in [5.41, 5.74) is 4.68. The van der Waals surface area contributed by atoms with E-state index >= 15 is 0 Å². The summed E-state index contributed by atoms with van der Waals surface area (Å²) in [6.45, 7) is 7.52. The van der Waals surface area contributed by atoms with Crippen LogP contribution in [0, 0.1) is 37.8 Å². The molecule has 0 bridgehead atoms. The van der Waals surface area contributed by atoms with Crippen LogP contribution in [0.15, 0.2) is 30.3 Å². The number of hydrogen-bond donors (Lipinski definition) is 2. The normalized spacial score (nSPS) is 10.7. The van der Waals surface area contributed by atoms with Gasteiger partial charge in [-0.05, 0) is 51.9 Å². The first-order valence-electron chi connectivity index (χ1n) is 9.18. The monoisotopic (exact) mass is 398 g/mol. The molecule has 0 fully saturated rings. The van der Waals surface area contributed by atoms with Crippen molar-refractivity contribution in [3.63, 3.8) is 0 Å². The third kappa shape index (κ3) is 6.11. The summed E-state index contributed by atoms with van der Waals surface area (Å²) in [5.74, 6) is -0.581. The van der Waals surface area contributed by atoms with Crippen LogP contribution < -0.4 is 10.6 Å². The first-order valence-corrected chi connectivity index (χ1v) is 9.18. The Bertz CT molecular complexity index is 933. The Morgan fingerprint density at radius 1 is 0.931 bits per heavy atom. The molecule has 0 spiro atoms. The lowest BCUT2D eigenvalue weighted by Gasteiger charge is -2.18. The molecule has 0 aliphatic heterocycles. The molecule has 2 aromatic carbocycles. The van der Waals surface area contributed by atoms with E-state index in [4.69, 9.17) is 0 Å². The van der Waals surface area contributed by atoms with Crippen molar-refractivity contribution in [2.75, 3.05) is 30.8 Å². The largest absolute Gasteiger partial charge is 0.325 e.